The van der Waals surface area contributed by atoms with Crippen molar-refractivity contribution in [2.45, 2.75) is 32.3 Å². The highest BCUT2D eigenvalue weighted by Gasteiger charge is 2.04. The molecule has 0 spiro atoms. The summed E-state index contributed by atoms with van der Waals surface area (Å²) >= 11 is 0. The molecular formula is C10H14O2. The second kappa shape index (κ2) is 4.21. The van der Waals surface area contributed by atoms with Gasteiger partial charge in [-0.2, -0.15) is 0 Å². The first kappa shape index (κ1) is 9.20. The Morgan fingerprint density at radius 1 is 1.75 bits per heavy atom. The van der Waals surface area contributed by atoms with Crippen molar-refractivity contribution in [1.82, 2.24) is 0 Å². The van der Waals surface area contributed by atoms with E-state index in [2.05, 4.69) is 0 Å². The van der Waals surface area contributed by atoms with Crippen LogP contribution in [0.25, 0.3) is 0 Å². The maximum atomic E-state index is 10.7. The van der Waals surface area contributed by atoms with Crippen LogP contribution in [0.1, 0.15) is 26.2 Å². The lowest BCUT2D eigenvalue weighted by atomic mass is 10.0. The van der Waals surface area contributed by atoms with E-state index in [0.717, 1.165) is 12.0 Å². The van der Waals surface area contributed by atoms with Crippen LogP contribution in [-0.4, -0.2) is 17.0 Å². The molecule has 0 radical (unpaired) electrons. The summed E-state index contributed by atoms with van der Waals surface area (Å²) in [4.78, 5) is 10.7. The summed E-state index contributed by atoms with van der Waals surface area (Å²) in [5.41, 5.74) is 1.16. The number of aliphatic hydroxyl groups is 1. The summed E-state index contributed by atoms with van der Waals surface area (Å²) in [6.45, 7) is 1.60. The van der Waals surface area contributed by atoms with E-state index in [1.54, 1.807) is 13.0 Å². The van der Waals surface area contributed by atoms with Crippen LogP contribution in [0.3, 0.4) is 0 Å². The topological polar surface area (TPSA) is 37.3 Å². The molecule has 0 aliphatic heterocycles. The minimum absolute atomic E-state index is 0.218. The van der Waals surface area contributed by atoms with Gasteiger partial charge in [0, 0.05) is 6.42 Å². The Bertz CT molecular complexity index is 226. The van der Waals surface area contributed by atoms with Gasteiger partial charge in [0.1, 0.15) is 5.78 Å². The number of aliphatic hydroxyl groups excluding tert-OH is 1. The van der Waals surface area contributed by atoms with Crippen molar-refractivity contribution in [2.75, 3.05) is 0 Å². The van der Waals surface area contributed by atoms with E-state index < -0.39 is 0 Å². The molecule has 1 atom stereocenters. The average molecular weight is 166 g/mol. The number of ketones is 1. The van der Waals surface area contributed by atoms with E-state index in [1.807, 2.05) is 12.2 Å². The fraction of sp³-hybridized carbons (Fsp3) is 0.500. The first-order valence-electron chi connectivity index (χ1n) is 4.23. The van der Waals surface area contributed by atoms with Crippen LogP contribution in [0.2, 0.25) is 0 Å². The second-order valence-electron chi connectivity index (χ2n) is 3.14. The van der Waals surface area contributed by atoms with Crippen LogP contribution in [0, 0.1) is 0 Å². The van der Waals surface area contributed by atoms with Crippen molar-refractivity contribution in [3.8, 4) is 0 Å². The van der Waals surface area contributed by atoms with Crippen molar-refractivity contribution in [3.63, 3.8) is 0 Å². The van der Waals surface area contributed by atoms with Gasteiger partial charge in [0.2, 0.25) is 0 Å². The molecular weight excluding hydrogens is 152 g/mol. The van der Waals surface area contributed by atoms with E-state index in [0.29, 0.717) is 12.8 Å². The average Bonchev–Trinajstić information content (AvgIpc) is 2.03. The third-order valence-electron chi connectivity index (χ3n) is 1.92. The Kier molecular flexibility index (Phi) is 3.23. The SMILES string of the molecule is CC(=O)CCC1=CCC(O)C=C1. The zero-order valence-electron chi connectivity index (χ0n) is 7.29. The molecule has 0 heterocycles. The number of carbonyl (C=O) groups is 1. The molecule has 1 N–H and O–H groups in total. The molecule has 66 valence electrons. The summed E-state index contributed by atoms with van der Waals surface area (Å²) in [6, 6.07) is 0. The quantitative estimate of drug-likeness (QED) is 0.691. The smallest absolute Gasteiger partial charge is 0.130 e. The lowest BCUT2D eigenvalue weighted by molar-refractivity contribution is -0.116. The Morgan fingerprint density at radius 3 is 3.00 bits per heavy atom. The van der Waals surface area contributed by atoms with Gasteiger partial charge in [-0.15, -0.1) is 0 Å². The summed E-state index contributed by atoms with van der Waals surface area (Å²) < 4.78 is 0. The standard InChI is InChI=1S/C10H14O2/c1-8(11)2-3-9-4-6-10(12)7-5-9/h4-6,10,12H,2-3,7H2,1H3. The number of hydrogen-bond donors (Lipinski definition) is 1. The van der Waals surface area contributed by atoms with Gasteiger partial charge in [-0.25, -0.2) is 0 Å². The van der Waals surface area contributed by atoms with Crippen LogP contribution in [0.15, 0.2) is 23.8 Å². The summed E-state index contributed by atoms with van der Waals surface area (Å²) in [6.07, 6.45) is 7.43. The fourth-order valence-corrected chi connectivity index (χ4v) is 1.16. The maximum Gasteiger partial charge on any atom is 0.130 e. The molecule has 0 fully saturated rings. The minimum Gasteiger partial charge on any atom is -0.389 e. The van der Waals surface area contributed by atoms with Gasteiger partial charge >= 0.3 is 0 Å². The highest BCUT2D eigenvalue weighted by molar-refractivity contribution is 5.75. The predicted octanol–water partition coefficient (Wildman–Crippen LogP) is 1.60. The molecule has 1 aliphatic rings. The van der Waals surface area contributed by atoms with Crippen LogP contribution in [0.4, 0.5) is 0 Å². The van der Waals surface area contributed by atoms with E-state index in [1.165, 1.54) is 0 Å². The lowest BCUT2D eigenvalue weighted by Crippen LogP contribution is -2.04. The van der Waals surface area contributed by atoms with Gasteiger partial charge in [0.05, 0.1) is 6.10 Å². The zero-order valence-corrected chi connectivity index (χ0v) is 7.29. The monoisotopic (exact) mass is 166 g/mol. The third kappa shape index (κ3) is 3.01. The number of Topliss-reactive ketones (excluding diaryl/α,β-unsaturated/α-hetero) is 1. The molecule has 1 unspecified atom stereocenters. The third-order valence-corrected chi connectivity index (χ3v) is 1.92. The van der Waals surface area contributed by atoms with E-state index >= 15 is 0 Å². The van der Waals surface area contributed by atoms with Gasteiger partial charge < -0.3 is 9.90 Å². The summed E-state index contributed by atoms with van der Waals surface area (Å²) in [7, 11) is 0. The number of rotatable bonds is 3. The molecule has 2 heteroatoms. The summed E-state index contributed by atoms with van der Waals surface area (Å²) in [5.74, 6) is 0.218. The van der Waals surface area contributed by atoms with Crippen molar-refractivity contribution < 1.29 is 9.90 Å². The maximum absolute atomic E-state index is 10.7. The molecule has 0 saturated carbocycles. The second-order valence-corrected chi connectivity index (χ2v) is 3.14. The van der Waals surface area contributed by atoms with E-state index in [-0.39, 0.29) is 11.9 Å². The highest BCUT2D eigenvalue weighted by Crippen LogP contribution is 2.15. The predicted molar refractivity (Wildman–Crippen MR) is 47.8 cm³/mol. The zero-order chi connectivity index (χ0) is 8.97. The molecule has 2 nitrogen and oxygen atoms in total. The Morgan fingerprint density at radius 2 is 2.50 bits per heavy atom. The molecule has 1 aliphatic carbocycles. The van der Waals surface area contributed by atoms with Crippen molar-refractivity contribution in [1.29, 1.82) is 0 Å². The minimum atomic E-state index is -0.328. The lowest BCUT2D eigenvalue weighted by Gasteiger charge is -2.09. The number of carbonyl (C=O) groups excluding carboxylic acids is 1. The van der Waals surface area contributed by atoms with Gasteiger partial charge in [-0.1, -0.05) is 23.8 Å². The Labute approximate surface area is 72.6 Å². The van der Waals surface area contributed by atoms with E-state index in [4.69, 9.17) is 5.11 Å². The number of hydrogen-bond acceptors (Lipinski definition) is 2. The molecule has 12 heavy (non-hydrogen) atoms. The summed E-state index contributed by atoms with van der Waals surface area (Å²) in [5, 5.41) is 9.11. The fourth-order valence-electron chi connectivity index (χ4n) is 1.16. The molecule has 0 amide bonds. The van der Waals surface area contributed by atoms with Gasteiger partial charge in [0.15, 0.2) is 0 Å². The molecule has 0 aromatic rings. The van der Waals surface area contributed by atoms with Crippen LogP contribution < -0.4 is 0 Å². The van der Waals surface area contributed by atoms with Gasteiger partial charge in [0.25, 0.3) is 0 Å². The van der Waals surface area contributed by atoms with Crippen molar-refractivity contribution in [3.05, 3.63) is 23.8 Å². The molecule has 0 aromatic heterocycles. The van der Waals surface area contributed by atoms with Gasteiger partial charge in [-0.3, -0.25) is 0 Å². The van der Waals surface area contributed by atoms with Crippen LogP contribution in [0.5, 0.6) is 0 Å². The molecule has 1 rings (SSSR count). The van der Waals surface area contributed by atoms with Crippen molar-refractivity contribution in [2.24, 2.45) is 0 Å². The molecule has 0 saturated heterocycles. The number of allylic oxidation sites excluding steroid dienone is 2. The Hall–Kier alpha value is -0.890. The van der Waals surface area contributed by atoms with Crippen LogP contribution in [-0.2, 0) is 4.79 Å². The van der Waals surface area contributed by atoms with Gasteiger partial charge in [-0.05, 0) is 19.8 Å². The highest BCUT2D eigenvalue weighted by atomic mass is 16.3. The van der Waals surface area contributed by atoms with Crippen LogP contribution >= 0.6 is 0 Å². The molecule has 0 bridgehead atoms. The largest absolute Gasteiger partial charge is 0.389 e. The normalized spacial score (nSPS) is 22.2. The van der Waals surface area contributed by atoms with Crippen molar-refractivity contribution >= 4 is 5.78 Å². The first-order valence-corrected chi connectivity index (χ1v) is 4.23. The first-order chi connectivity index (χ1) is 5.68. The van der Waals surface area contributed by atoms with E-state index in [9.17, 15) is 4.79 Å². The Balaban J connectivity index is 2.35. The molecule has 0 aromatic carbocycles.